The van der Waals surface area contributed by atoms with E-state index in [0.717, 1.165) is 43.5 Å². The second kappa shape index (κ2) is 9.59. The molecule has 1 aromatic carbocycles. The van der Waals surface area contributed by atoms with Gasteiger partial charge < -0.3 is 19.9 Å². The fraction of sp³-hybridized carbons (Fsp3) is 0.350. The zero-order valence-electron chi connectivity index (χ0n) is 16.3. The van der Waals surface area contributed by atoms with Gasteiger partial charge in [-0.3, -0.25) is 10.3 Å². The highest BCUT2D eigenvalue weighted by Gasteiger charge is 2.20. The van der Waals surface area contributed by atoms with E-state index < -0.39 is 6.09 Å². The highest BCUT2D eigenvalue weighted by molar-refractivity contribution is 5.84. The monoisotopic (exact) mass is 382 g/mol. The molecule has 1 aliphatic rings. The van der Waals surface area contributed by atoms with Crippen LogP contribution in [0.25, 0.3) is 0 Å². The number of anilines is 2. The molecule has 0 bridgehead atoms. The number of carbonyl (C=O) groups excluding carboxylic acids is 1. The summed E-state index contributed by atoms with van der Waals surface area (Å²) >= 11 is 0. The summed E-state index contributed by atoms with van der Waals surface area (Å²) < 4.78 is 4.59. The van der Waals surface area contributed by atoms with E-state index in [-0.39, 0.29) is 0 Å². The van der Waals surface area contributed by atoms with Crippen LogP contribution in [0.5, 0.6) is 0 Å². The third kappa shape index (κ3) is 5.12. The van der Waals surface area contributed by atoms with Gasteiger partial charge in [0.25, 0.3) is 0 Å². The molecule has 8 nitrogen and oxygen atoms in total. The van der Waals surface area contributed by atoms with Gasteiger partial charge in [-0.15, -0.1) is 0 Å². The van der Waals surface area contributed by atoms with E-state index in [1.807, 2.05) is 48.7 Å². The van der Waals surface area contributed by atoms with Crippen LogP contribution in [0.4, 0.5) is 16.3 Å². The van der Waals surface area contributed by atoms with Crippen LogP contribution in [0.15, 0.2) is 53.7 Å². The van der Waals surface area contributed by atoms with E-state index in [0.29, 0.717) is 12.2 Å². The summed E-state index contributed by atoms with van der Waals surface area (Å²) in [6.45, 7) is 4.25. The Morgan fingerprint density at radius 3 is 2.50 bits per heavy atom. The van der Waals surface area contributed by atoms with Crippen molar-refractivity contribution in [3.05, 3.63) is 54.2 Å². The number of pyridine rings is 1. The Morgan fingerprint density at radius 1 is 1.14 bits per heavy atom. The Morgan fingerprint density at radius 2 is 1.89 bits per heavy atom. The van der Waals surface area contributed by atoms with E-state index in [4.69, 9.17) is 0 Å². The zero-order chi connectivity index (χ0) is 19.8. The maximum Gasteiger partial charge on any atom is 0.411 e. The minimum absolute atomic E-state index is 0.476. The van der Waals surface area contributed by atoms with Gasteiger partial charge in [-0.05, 0) is 29.8 Å². The van der Waals surface area contributed by atoms with Crippen molar-refractivity contribution >= 4 is 23.6 Å². The average Bonchev–Trinajstić information content (AvgIpc) is 2.76. The number of hydrogen-bond acceptors (Lipinski definition) is 5. The van der Waals surface area contributed by atoms with Crippen molar-refractivity contribution in [1.82, 2.24) is 15.2 Å². The normalized spacial score (nSPS) is 14.6. The van der Waals surface area contributed by atoms with Crippen LogP contribution in [0, 0.1) is 0 Å². The minimum Gasteiger partial charge on any atom is -0.453 e. The van der Waals surface area contributed by atoms with Crippen LogP contribution in [0.1, 0.15) is 5.56 Å². The van der Waals surface area contributed by atoms with Gasteiger partial charge >= 0.3 is 6.09 Å². The Kier molecular flexibility index (Phi) is 6.67. The number of aliphatic imine (C=N–C) groups is 1. The van der Waals surface area contributed by atoms with E-state index in [2.05, 4.69) is 35.1 Å². The van der Waals surface area contributed by atoms with E-state index in [9.17, 15) is 4.79 Å². The molecule has 148 valence electrons. The van der Waals surface area contributed by atoms with E-state index in [1.165, 1.54) is 7.11 Å². The number of carbonyl (C=O) groups is 1. The predicted octanol–water partition coefficient (Wildman–Crippen LogP) is 2.16. The van der Waals surface area contributed by atoms with Crippen molar-refractivity contribution < 1.29 is 9.53 Å². The number of ether oxygens (including phenoxy) is 1. The lowest BCUT2D eigenvalue weighted by Crippen LogP contribution is -2.52. The molecule has 1 fully saturated rings. The fourth-order valence-electron chi connectivity index (χ4n) is 3.08. The molecule has 0 radical (unpaired) electrons. The topological polar surface area (TPSA) is 82.1 Å². The molecular weight excluding hydrogens is 356 g/mol. The maximum atomic E-state index is 11.2. The molecule has 0 unspecified atom stereocenters. The quantitative estimate of drug-likeness (QED) is 0.623. The third-order valence-corrected chi connectivity index (χ3v) is 4.60. The van der Waals surface area contributed by atoms with Gasteiger partial charge in [-0.25, -0.2) is 9.78 Å². The van der Waals surface area contributed by atoms with Crippen LogP contribution in [0.2, 0.25) is 0 Å². The minimum atomic E-state index is -0.476. The highest BCUT2D eigenvalue weighted by Crippen LogP contribution is 2.13. The second-order valence-corrected chi connectivity index (χ2v) is 6.38. The lowest BCUT2D eigenvalue weighted by Gasteiger charge is -2.37. The standard InChI is InChI=1S/C20H26N6O2/c1-21-19(23-15-16-6-8-17(9-7-16)24-20(27)28-2)26-13-11-25(12-14-26)18-5-3-4-10-22-18/h3-10H,11-15H2,1-2H3,(H,21,23)(H,24,27). The summed E-state index contributed by atoms with van der Waals surface area (Å²) in [6, 6.07) is 13.6. The molecule has 2 heterocycles. The largest absolute Gasteiger partial charge is 0.453 e. The molecule has 1 aromatic heterocycles. The molecule has 1 saturated heterocycles. The van der Waals surface area contributed by atoms with Crippen LogP contribution >= 0.6 is 0 Å². The van der Waals surface area contributed by atoms with Crippen molar-refractivity contribution in [3.63, 3.8) is 0 Å². The van der Waals surface area contributed by atoms with Gasteiger partial charge in [0.2, 0.25) is 0 Å². The smallest absolute Gasteiger partial charge is 0.411 e. The fourth-order valence-corrected chi connectivity index (χ4v) is 3.08. The van der Waals surface area contributed by atoms with Crippen molar-refractivity contribution in [2.75, 3.05) is 50.6 Å². The first kappa shape index (κ1) is 19.5. The van der Waals surface area contributed by atoms with Gasteiger partial charge in [0.15, 0.2) is 5.96 Å². The molecule has 3 rings (SSSR count). The Balaban J connectivity index is 1.49. The van der Waals surface area contributed by atoms with Gasteiger partial charge in [0.05, 0.1) is 7.11 Å². The Labute approximate surface area is 165 Å². The first-order chi connectivity index (χ1) is 13.7. The summed E-state index contributed by atoms with van der Waals surface area (Å²) in [7, 11) is 3.15. The number of benzene rings is 1. The number of nitrogens with zero attached hydrogens (tertiary/aromatic N) is 4. The zero-order valence-corrected chi connectivity index (χ0v) is 16.3. The number of piperazine rings is 1. The molecule has 8 heteroatoms. The summed E-state index contributed by atoms with van der Waals surface area (Å²) in [5.74, 6) is 1.91. The number of guanidine groups is 1. The first-order valence-electron chi connectivity index (χ1n) is 9.25. The molecule has 0 saturated carbocycles. The third-order valence-electron chi connectivity index (χ3n) is 4.60. The molecule has 28 heavy (non-hydrogen) atoms. The van der Waals surface area contributed by atoms with Crippen LogP contribution in [-0.2, 0) is 11.3 Å². The SMILES string of the molecule is CN=C(NCc1ccc(NC(=O)OC)cc1)N1CCN(c2ccccn2)CC1. The maximum absolute atomic E-state index is 11.2. The Hall–Kier alpha value is -3.29. The average molecular weight is 382 g/mol. The van der Waals surface area contributed by atoms with E-state index in [1.54, 1.807) is 7.05 Å². The molecule has 0 atom stereocenters. The number of rotatable bonds is 4. The molecule has 2 N–H and O–H groups in total. The molecular formula is C20H26N6O2. The number of aromatic nitrogens is 1. The highest BCUT2D eigenvalue weighted by atomic mass is 16.5. The summed E-state index contributed by atoms with van der Waals surface area (Å²) in [6.07, 6.45) is 1.35. The summed E-state index contributed by atoms with van der Waals surface area (Å²) in [5.41, 5.74) is 1.80. The number of hydrogen-bond donors (Lipinski definition) is 2. The van der Waals surface area contributed by atoms with Crippen molar-refractivity contribution in [3.8, 4) is 0 Å². The van der Waals surface area contributed by atoms with E-state index >= 15 is 0 Å². The van der Waals surface area contributed by atoms with Gasteiger partial charge in [0.1, 0.15) is 5.82 Å². The summed E-state index contributed by atoms with van der Waals surface area (Å²) in [4.78, 5) is 24.6. The number of nitrogens with one attached hydrogen (secondary N) is 2. The Bertz CT molecular complexity index is 786. The van der Waals surface area contributed by atoms with Gasteiger partial charge in [0, 0.05) is 51.7 Å². The van der Waals surface area contributed by atoms with Crippen LogP contribution in [0.3, 0.4) is 0 Å². The van der Waals surface area contributed by atoms with Gasteiger partial charge in [-0.1, -0.05) is 18.2 Å². The van der Waals surface area contributed by atoms with Crippen LogP contribution in [-0.4, -0.2) is 62.3 Å². The molecule has 2 aromatic rings. The first-order valence-corrected chi connectivity index (χ1v) is 9.25. The van der Waals surface area contributed by atoms with Gasteiger partial charge in [-0.2, -0.15) is 0 Å². The van der Waals surface area contributed by atoms with Crippen molar-refractivity contribution in [2.24, 2.45) is 4.99 Å². The van der Waals surface area contributed by atoms with Crippen LogP contribution < -0.4 is 15.5 Å². The van der Waals surface area contributed by atoms with Crippen molar-refractivity contribution in [2.45, 2.75) is 6.54 Å². The lowest BCUT2D eigenvalue weighted by molar-refractivity contribution is 0.187. The summed E-state index contributed by atoms with van der Waals surface area (Å²) in [5, 5.41) is 6.05. The second-order valence-electron chi connectivity index (χ2n) is 6.38. The molecule has 0 aliphatic carbocycles. The molecule has 1 aliphatic heterocycles. The van der Waals surface area contributed by atoms with Crippen molar-refractivity contribution in [1.29, 1.82) is 0 Å². The number of methoxy groups -OCH3 is 1. The lowest BCUT2D eigenvalue weighted by atomic mass is 10.2. The molecule has 1 amide bonds. The number of amides is 1. The molecule has 0 spiro atoms. The predicted molar refractivity (Wildman–Crippen MR) is 111 cm³/mol.